The third-order valence-electron chi connectivity index (χ3n) is 6.74. The fourth-order valence-corrected chi connectivity index (χ4v) is 6.14. The highest BCUT2D eigenvalue weighted by Gasteiger charge is 2.52. The minimum atomic E-state index is -3.70. The van der Waals surface area contributed by atoms with Gasteiger partial charge in [0.25, 0.3) is 10.1 Å². The highest BCUT2D eigenvalue weighted by atomic mass is 32.2. The van der Waals surface area contributed by atoms with Crippen molar-refractivity contribution < 1.29 is 17.4 Å². The van der Waals surface area contributed by atoms with Crippen LogP contribution < -0.4 is 0 Å². The van der Waals surface area contributed by atoms with Crippen molar-refractivity contribution in [3.63, 3.8) is 0 Å². The van der Waals surface area contributed by atoms with Gasteiger partial charge in [0.15, 0.2) is 0 Å². The maximum Gasteiger partial charge on any atom is 0.296 e. The van der Waals surface area contributed by atoms with Crippen LogP contribution in [0.15, 0.2) is 29.2 Å². The van der Waals surface area contributed by atoms with Crippen molar-refractivity contribution in [2.45, 2.75) is 64.2 Å². The zero-order valence-electron chi connectivity index (χ0n) is 16.0. The summed E-state index contributed by atoms with van der Waals surface area (Å²) in [5.41, 5.74) is 1.11. The molecule has 1 aromatic carbocycles. The Bertz CT molecular complexity index is 753. The second-order valence-corrected chi connectivity index (χ2v) is 10.0. The zero-order chi connectivity index (χ0) is 18.9. The Morgan fingerprint density at radius 3 is 2.62 bits per heavy atom. The molecule has 26 heavy (non-hydrogen) atoms. The third-order valence-corrected chi connectivity index (χ3v) is 8.07. The number of aryl methyl sites for hydroxylation is 1. The fourth-order valence-electron chi connectivity index (χ4n) is 5.22. The van der Waals surface area contributed by atoms with E-state index in [1.807, 2.05) is 6.92 Å². The van der Waals surface area contributed by atoms with Crippen LogP contribution in [0.4, 0.5) is 0 Å². The van der Waals surface area contributed by atoms with E-state index >= 15 is 0 Å². The van der Waals surface area contributed by atoms with Gasteiger partial charge in [0.05, 0.1) is 11.5 Å². The van der Waals surface area contributed by atoms with Gasteiger partial charge in [-0.25, -0.2) is 0 Å². The van der Waals surface area contributed by atoms with Crippen LogP contribution in [0, 0.1) is 30.1 Å². The van der Waals surface area contributed by atoms with Gasteiger partial charge in [0.1, 0.15) is 5.78 Å². The Morgan fingerprint density at radius 1 is 1.23 bits per heavy atom. The van der Waals surface area contributed by atoms with Crippen molar-refractivity contribution in [2.75, 3.05) is 6.61 Å². The lowest BCUT2D eigenvalue weighted by Crippen LogP contribution is -2.39. The summed E-state index contributed by atoms with van der Waals surface area (Å²) < 4.78 is 29.9. The first kappa shape index (κ1) is 19.6. The summed E-state index contributed by atoms with van der Waals surface area (Å²) in [6, 6.07) is 6.73. The summed E-state index contributed by atoms with van der Waals surface area (Å²) >= 11 is 0. The van der Waals surface area contributed by atoms with E-state index in [1.54, 1.807) is 24.3 Å². The Hall–Kier alpha value is -1.20. The highest BCUT2D eigenvalue weighted by molar-refractivity contribution is 7.86. The molecule has 2 aliphatic carbocycles. The summed E-state index contributed by atoms with van der Waals surface area (Å²) in [5.74, 6) is 1.47. The van der Waals surface area contributed by atoms with Crippen molar-refractivity contribution in [1.29, 1.82) is 0 Å². The molecule has 1 aromatic rings. The van der Waals surface area contributed by atoms with Gasteiger partial charge in [-0.15, -0.1) is 0 Å². The Kier molecular flexibility index (Phi) is 5.59. The first-order valence-corrected chi connectivity index (χ1v) is 11.1. The van der Waals surface area contributed by atoms with Crippen molar-refractivity contribution >= 4 is 15.9 Å². The van der Waals surface area contributed by atoms with E-state index < -0.39 is 10.1 Å². The Balaban J connectivity index is 1.58. The average molecular weight is 379 g/mol. The van der Waals surface area contributed by atoms with Crippen LogP contribution in [-0.4, -0.2) is 20.8 Å². The van der Waals surface area contributed by atoms with E-state index in [4.69, 9.17) is 4.18 Å². The predicted molar refractivity (Wildman–Crippen MR) is 101 cm³/mol. The monoisotopic (exact) mass is 378 g/mol. The van der Waals surface area contributed by atoms with Gasteiger partial charge >= 0.3 is 0 Å². The van der Waals surface area contributed by atoms with E-state index in [0.29, 0.717) is 24.0 Å². The smallest absolute Gasteiger partial charge is 0.296 e. The number of benzene rings is 1. The van der Waals surface area contributed by atoms with Crippen molar-refractivity contribution in [3.8, 4) is 0 Å². The number of hydrogen-bond acceptors (Lipinski definition) is 4. The lowest BCUT2D eigenvalue weighted by molar-refractivity contribution is -0.130. The minimum Gasteiger partial charge on any atom is -0.299 e. The lowest BCUT2D eigenvalue weighted by atomic mass is 9.62. The van der Waals surface area contributed by atoms with Crippen LogP contribution in [0.1, 0.15) is 57.9 Å². The molecule has 0 saturated heterocycles. The maximum absolute atomic E-state index is 12.3. The number of rotatable bonds is 6. The van der Waals surface area contributed by atoms with E-state index in [9.17, 15) is 13.2 Å². The van der Waals surface area contributed by atoms with Gasteiger partial charge in [-0.2, -0.15) is 8.42 Å². The number of Topliss-reactive ketones (excluding diaryl/α,β-unsaturated/α-hetero) is 1. The van der Waals surface area contributed by atoms with Gasteiger partial charge in [-0.3, -0.25) is 8.98 Å². The van der Waals surface area contributed by atoms with Crippen LogP contribution in [0.5, 0.6) is 0 Å². The molecule has 0 amide bonds. The van der Waals surface area contributed by atoms with Crippen LogP contribution in [-0.2, 0) is 19.1 Å². The summed E-state index contributed by atoms with van der Waals surface area (Å²) in [6.07, 6.45) is 5.60. The SMILES string of the molecule is Cc1ccc(S(=O)(=O)OCCC(C)[C@H]2CC[C@H]3C(=O)CCC[C@]23C)cc1. The van der Waals surface area contributed by atoms with Crippen molar-refractivity contribution in [3.05, 3.63) is 29.8 Å². The molecule has 0 radical (unpaired) electrons. The highest BCUT2D eigenvalue weighted by Crippen LogP contribution is 2.56. The number of carbonyl (C=O) groups is 1. The topological polar surface area (TPSA) is 60.4 Å². The summed E-state index contributed by atoms with van der Waals surface area (Å²) in [6.45, 7) is 6.57. The molecule has 4 nitrogen and oxygen atoms in total. The number of ketones is 1. The number of carbonyl (C=O) groups excluding carboxylic acids is 1. The van der Waals surface area contributed by atoms with Crippen molar-refractivity contribution in [1.82, 2.24) is 0 Å². The minimum absolute atomic E-state index is 0.0879. The molecule has 0 aliphatic heterocycles. The molecule has 2 aliphatic rings. The lowest BCUT2D eigenvalue weighted by Gasteiger charge is -2.42. The second kappa shape index (κ2) is 7.43. The van der Waals surface area contributed by atoms with Crippen LogP contribution in [0.25, 0.3) is 0 Å². The predicted octanol–water partition coefficient (Wildman–Crippen LogP) is 4.51. The molecular weight excluding hydrogens is 348 g/mol. The van der Waals surface area contributed by atoms with Crippen molar-refractivity contribution in [2.24, 2.45) is 23.2 Å². The quantitative estimate of drug-likeness (QED) is 0.683. The third kappa shape index (κ3) is 3.74. The molecule has 144 valence electrons. The average Bonchev–Trinajstić information content (AvgIpc) is 2.93. The molecule has 0 aromatic heterocycles. The van der Waals surface area contributed by atoms with Gasteiger partial charge in [-0.05, 0) is 68.4 Å². The first-order valence-electron chi connectivity index (χ1n) is 9.73. The maximum atomic E-state index is 12.3. The molecule has 0 N–H and O–H groups in total. The molecule has 5 heteroatoms. The second-order valence-electron chi connectivity index (χ2n) is 8.42. The zero-order valence-corrected chi connectivity index (χ0v) is 16.8. The standard InChI is InChI=1S/C21H30O4S/c1-15-6-8-17(9-7-15)26(23,24)25-14-12-16(2)18-10-11-19-20(22)5-4-13-21(18,19)3/h6-9,16,18-19H,4-5,10-14H2,1-3H3/t16?,18-,19+,21-/m1/s1. The molecule has 2 saturated carbocycles. The number of hydrogen-bond donors (Lipinski definition) is 0. The summed E-state index contributed by atoms with van der Waals surface area (Å²) in [7, 11) is -3.70. The fraction of sp³-hybridized carbons (Fsp3) is 0.667. The molecule has 0 heterocycles. The van der Waals surface area contributed by atoms with Crippen LogP contribution >= 0.6 is 0 Å². The first-order chi connectivity index (χ1) is 12.2. The normalized spacial score (nSPS) is 30.2. The molecule has 0 bridgehead atoms. The molecule has 2 fully saturated rings. The van der Waals surface area contributed by atoms with Gasteiger partial charge in [-0.1, -0.05) is 31.5 Å². The molecule has 0 spiro atoms. The van der Waals surface area contributed by atoms with E-state index in [2.05, 4.69) is 13.8 Å². The largest absolute Gasteiger partial charge is 0.299 e. The van der Waals surface area contributed by atoms with E-state index in [1.165, 1.54) is 0 Å². The van der Waals surface area contributed by atoms with Crippen LogP contribution in [0.3, 0.4) is 0 Å². The van der Waals surface area contributed by atoms with E-state index in [-0.39, 0.29) is 22.8 Å². The molecule has 4 atom stereocenters. The summed E-state index contributed by atoms with van der Waals surface area (Å²) in [5, 5.41) is 0. The number of fused-ring (bicyclic) bond motifs is 1. The molecule has 3 rings (SSSR count). The summed E-state index contributed by atoms with van der Waals surface area (Å²) in [4.78, 5) is 12.5. The van der Waals surface area contributed by atoms with E-state index in [0.717, 1.165) is 37.7 Å². The molecule has 1 unspecified atom stereocenters. The van der Waals surface area contributed by atoms with Gasteiger partial charge < -0.3 is 0 Å². The van der Waals surface area contributed by atoms with Crippen LogP contribution in [0.2, 0.25) is 0 Å². The molecular formula is C21H30O4S. The van der Waals surface area contributed by atoms with Gasteiger partial charge in [0.2, 0.25) is 0 Å². The Labute approximate surface area is 157 Å². The Morgan fingerprint density at radius 2 is 1.92 bits per heavy atom. The van der Waals surface area contributed by atoms with Gasteiger partial charge in [0, 0.05) is 12.3 Å².